The van der Waals surface area contributed by atoms with Gasteiger partial charge in [0.15, 0.2) is 5.79 Å². The summed E-state index contributed by atoms with van der Waals surface area (Å²) < 4.78 is 11.2. The van der Waals surface area contributed by atoms with Gasteiger partial charge in [0.05, 0.1) is 13.2 Å². The average Bonchev–Trinajstić information content (AvgIpc) is 2.67. The molecule has 1 aliphatic rings. The zero-order valence-electron chi connectivity index (χ0n) is 8.54. The van der Waals surface area contributed by atoms with Crippen LogP contribution in [-0.4, -0.2) is 20.3 Å². The first-order valence-electron chi connectivity index (χ1n) is 4.81. The van der Waals surface area contributed by atoms with Crippen molar-refractivity contribution in [3.8, 4) is 0 Å². The third-order valence-corrected chi connectivity index (χ3v) is 2.51. The monoisotopic (exact) mass is 193 g/mol. The fourth-order valence-corrected chi connectivity index (χ4v) is 1.64. The van der Waals surface area contributed by atoms with Gasteiger partial charge in [-0.25, -0.2) is 0 Å². The highest BCUT2D eigenvalue weighted by atomic mass is 16.7. The molecule has 14 heavy (non-hydrogen) atoms. The first-order valence-corrected chi connectivity index (χ1v) is 4.81. The lowest BCUT2D eigenvalue weighted by Gasteiger charge is -2.23. The highest BCUT2D eigenvalue weighted by Crippen LogP contribution is 2.31. The van der Waals surface area contributed by atoms with E-state index < -0.39 is 5.79 Å². The van der Waals surface area contributed by atoms with Crippen LogP contribution in [0.25, 0.3) is 0 Å². The molecular weight excluding hydrogens is 178 g/mol. The summed E-state index contributed by atoms with van der Waals surface area (Å²) in [5.74, 6) is -0.563. The van der Waals surface area contributed by atoms with Crippen molar-refractivity contribution in [2.45, 2.75) is 12.7 Å². The van der Waals surface area contributed by atoms with Crippen LogP contribution >= 0.6 is 0 Å². The summed E-state index contributed by atoms with van der Waals surface area (Å²) in [6, 6.07) is 8.08. The number of ether oxygens (including phenoxy) is 2. The molecule has 76 valence electrons. The molecule has 0 saturated carbocycles. The Labute approximate surface area is 84.0 Å². The third kappa shape index (κ3) is 1.61. The molecule has 1 heterocycles. The number of hydrogen-bond acceptors (Lipinski definition) is 3. The summed E-state index contributed by atoms with van der Waals surface area (Å²) >= 11 is 0. The van der Waals surface area contributed by atoms with Gasteiger partial charge in [-0.15, -0.1) is 0 Å². The van der Waals surface area contributed by atoms with E-state index in [1.165, 1.54) is 0 Å². The minimum absolute atomic E-state index is 0.563. The Bertz CT molecular complexity index is 319. The van der Waals surface area contributed by atoms with Crippen LogP contribution in [0.2, 0.25) is 0 Å². The maximum Gasteiger partial charge on any atom is 0.192 e. The van der Waals surface area contributed by atoms with Gasteiger partial charge in [0, 0.05) is 18.3 Å². The number of rotatable bonds is 2. The predicted molar refractivity (Wildman–Crippen MR) is 55.2 cm³/mol. The molecule has 0 bridgehead atoms. The van der Waals surface area contributed by atoms with Crippen LogP contribution in [0.1, 0.15) is 12.5 Å². The molecule has 0 atom stereocenters. The molecule has 1 saturated heterocycles. The van der Waals surface area contributed by atoms with E-state index in [1.807, 2.05) is 38.2 Å². The van der Waals surface area contributed by atoms with Crippen molar-refractivity contribution < 1.29 is 9.47 Å². The van der Waals surface area contributed by atoms with Crippen LogP contribution in [0.3, 0.4) is 0 Å². The molecule has 0 radical (unpaired) electrons. The largest absolute Gasteiger partial charge is 0.388 e. The topological polar surface area (TPSA) is 30.5 Å². The SMILES string of the molecule is CNc1cccc(C2(C)OCCO2)c1. The Hall–Kier alpha value is -1.06. The van der Waals surface area contributed by atoms with Gasteiger partial charge < -0.3 is 14.8 Å². The second kappa shape index (κ2) is 3.59. The molecule has 3 heteroatoms. The summed E-state index contributed by atoms with van der Waals surface area (Å²) in [4.78, 5) is 0. The van der Waals surface area contributed by atoms with Crippen LogP contribution in [0.5, 0.6) is 0 Å². The van der Waals surface area contributed by atoms with Crippen molar-refractivity contribution in [3.63, 3.8) is 0 Å². The molecule has 1 aromatic carbocycles. The average molecular weight is 193 g/mol. The van der Waals surface area contributed by atoms with Gasteiger partial charge in [-0.1, -0.05) is 12.1 Å². The van der Waals surface area contributed by atoms with Gasteiger partial charge in [-0.2, -0.15) is 0 Å². The van der Waals surface area contributed by atoms with Crippen molar-refractivity contribution in [2.75, 3.05) is 25.6 Å². The number of nitrogens with one attached hydrogen (secondary N) is 1. The molecule has 3 nitrogen and oxygen atoms in total. The molecule has 0 aliphatic carbocycles. The molecule has 1 aliphatic heterocycles. The van der Waals surface area contributed by atoms with E-state index in [0.717, 1.165) is 11.3 Å². The summed E-state index contributed by atoms with van der Waals surface area (Å²) in [6.07, 6.45) is 0. The van der Waals surface area contributed by atoms with Crippen LogP contribution in [0, 0.1) is 0 Å². The highest BCUT2D eigenvalue weighted by molar-refractivity contribution is 5.46. The normalized spacial score (nSPS) is 19.6. The summed E-state index contributed by atoms with van der Waals surface area (Å²) in [6.45, 7) is 3.29. The van der Waals surface area contributed by atoms with E-state index in [1.54, 1.807) is 0 Å². The molecule has 2 rings (SSSR count). The lowest BCUT2D eigenvalue weighted by molar-refractivity contribution is -0.149. The fraction of sp³-hybridized carbons (Fsp3) is 0.455. The van der Waals surface area contributed by atoms with E-state index in [-0.39, 0.29) is 0 Å². The first kappa shape index (κ1) is 9.49. The van der Waals surface area contributed by atoms with E-state index in [2.05, 4.69) is 5.32 Å². The standard InChI is InChI=1S/C11H15NO2/c1-11(13-6-7-14-11)9-4-3-5-10(8-9)12-2/h3-5,8,12H,6-7H2,1-2H3. The van der Waals surface area contributed by atoms with Crippen molar-refractivity contribution in [3.05, 3.63) is 29.8 Å². The van der Waals surface area contributed by atoms with Gasteiger partial charge in [0.1, 0.15) is 0 Å². The third-order valence-electron chi connectivity index (χ3n) is 2.51. The van der Waals surface area contributed by atoms with Crippen LogP contribution in [-0.2, 0) is 15.3 Å². The molecular formula is C11H15NO2. The van der Waals surface area contributed by atoms with E-state index in [9.17, 15) is 0 Å². The summed E-state index contributed by atoms with van der Waals surface area (Å²) in [5.41, 5.74) is 2.13. The van der Waals surface area contributed by atoms with Gasteiger partial charge in [-0.3, -0.25) is 0 Å². The smallest absolute Gasteiger partial charge is 0.192 e. The second-order valence-electron chi connectivity index (χ2n) is 3.47. The van der Waals surface area contributed by atoms with E-state index in [0.29, 0.717) is 13.2 Å². The molecule has 1 fully saturated rings. The Balaban J connectivity index is 2.30. The Kier molecular flexibility index (Phi) is 2.44. The molecule has 0 amide bonds. The van der Waals surface area contributed by atoms with Crippen LogP contribution in [0.4, 0.5) is 5.69 Å². The predicted octanol–water partition coefficient (Wildman–Crippen LogP) is 1.95. The fourth-order valence-electron chi connectivity index (χ4n) is 1.64. The van der Waals surface area contributed by atoms with Crippen LogP contribution < -0.4 is 5.32 Å². The van der Waals surface area contributed by atoms with Gasteiger partial charge in [0.2, 0.25) is 0 Å². The van der Waals surface area contributed by atoms with Crippen molar-refractivity contribution >= 4 is 5.69 Å². The Morgan fingerprint density at radius 3 is 2.64 bits per heavy atom. The maximum absolute atomic E-state index is 5.58. The molecule has 0 spiro atoms. The minimum atomic E-state index is -0.563. The lowest BCUT2D eigenvalue weighted by atomic mass is 10.1. The molecule has 0 aromatic heterocycles. The van der Waals surface area contributed by atoms with Crippen molar-refractivity contribution in [1.29, 1.82) is 0 Å². The zero-order valence-corrected chi connectivity index (χ0v) is 8.54. The number of anilines is 1. The van der Waals surface area contributed by atoms with E-state index >= 15 is 0 Å². The van der Waals surface area contributed by atoms with Crippen molar-refractivity contribution in [2.24, 2.45) is 0 Å². The van der Waals surface area contributed by atoms with Gasteiger partial charge >= 0.3 is 0 Å². The Morgan fingerprint density at radius 1 is 1.29 bits per heavy atom. The Morgan fingerprint density at radius 2 is 2.00 bits per heavy atom. The summed E-state index contributed by atoms with van der Waals surface area (Å²) in [5, 5.41) is 3.10. The molecule has 1 aromatic rings. The van der Waals surface area contributed by atoms with Gasteiger partial charge in [-0.05, 0) is 19.1 Å². The number of hydrogen-bond donors (Lipinski definition) is 1. The maximum atomic E-state index is 5.58. The van der Waals surface area contributed by atoms with Crippen LogP contribution in [0.15, 0.2) is 24.3 Å². The molecule has 0 unspecified atom stereocenters. The first-order chi connectivity index (χ1) is 6.74. The second-order valence-corrected chi connectivity index (χ2v) is 3.47. The lowest BCUT2D eigenvalue weighted by Crippen LogP contribution is -2.22. The van der Waals surface area contributed by atoms with E-state index in [4.69, 9.17) is 9.47 Å². The highest BCUT2D eigenvalue weighted by Gasteiger charge is 2.32. The van der Waals surface area contributed by atoms with Crippen molar-refractivity contribution in [1.82, 2.24) is 0 Å². The molecule has 1 N–H and O–H groups in total. The number of benzene rings is 1. The van der Waals surface area contributed by atoms with Gasteiger partial charge in [0.25, 0.3) is 0 Å². The quantitative estimate of drug-likeness (QED) is 0.778. The zero-order chi connectivity index (χ0) is 10.0. The summed E-state index contributed by atoms with van der Waals surface area (Å²) in [7, 11) is 1.90. The minimum Gasteiger partial charge on any atom is -0.388 e.